The van der Waals surface area contributed by atoms with Gasteiger partial charge in [0.1, 0.15) is 5.75 Å². The van der Waals surface area contributed by atoms with Crippen molar-refractivity contribution in [2.45, 2.75) is 32.4 Å². The quantitative estimate of drug-likeness (QED) is 0.260. The minimum Gasteiger partial charge on any atom is -0.494 e. The molecular weight excluding hydrogens is 476 g/mol. The standard InChI is InChI=1S/C26H32N6O3S/c1-17-15-20(18(2)31(17)22-11-10-19(32(33)34)16-23(22)35-5)25-24(21-9-6-7-12-27-21)28-26(36)30(25)14-8-13-29(3)4/h6-7,9-12,15-16,24-25H,8,13-14H2,1-5H3,(H,28,36)/t24-,25+/m1/s1. The average Bonchev–Trinajstić information content (AvgIpc) is 3.33. The number of non-ortho nitro benzene ring substituents is 1. The maximum atomic E-state index is 11.3. The van der Waals surface area contributed by atoms with Crippen LogP contribution in [0.5, 0.6) is 5.75 Å². The zero-order valence-electron chi connectivity index (χ0n) is 21.3. The molecule has 2 aromatic heterocycles. The summed E-state index contributed by atoms with van der Waals surface area (Å²) in [5.74, 6) is 0.446. The van der Waals surface area contributed by atoms with E-state index in [1.54, 1.807) is 12.3 Å². The molecule has 0 bridgehead atoms. The Balaban J connectivity index is 1.80. The number of pyridine rings is 1. The van der Waals surface area contributed by atoms with Crippen molar-refractivity contribution in [3.05, 3.63) is 81.4 Å². The molecule has 36 heavy (non-hydrogen) atoms. The first-order chi connectivity index (χ1) is 17.2. The molecule has 1 aromatic carbocycles. The Hall–Kier alpha value is -3.50. The number of rotatable bonds is 9. The minimum absolute atomic E-state index is 0.00842. The second-order valence-electron chi connectivity index (χ2n) is 9.25. The van der Waals surface area contributed by atoms with Crippen molar-refractivity contribution in [1.82, 2.24) is 24.7 Å². The lowest BCUT2D eigenvalue weighted by atomic mass is 9.96. The van der Waals surface area contributed by atoms with Crippen molar-refractivity contribution >= 4 is 23.0 Å². The highest BCUT2D eigenvalue weighted by molar-refractivity contribution is 7.80. The van der Waals surface area contributed by atoms with Gasteiger partial charge in [-0.2, -0.15) is 0 Å². The van der Waals surface area contributed by atoms with Crippen LogP contribution in [0.1, 0.15) is 41.1 Å². The van der Waals surface area contributed by atoms with Crippen LogP contribution in [0.25, 0.3) is 5.69 Å². The molecule has 1 N–H and O–H groups in total. The number of nitro benzene ring substituents is 1. The zero-order valence-corrected chi connectivity index (χ0v) is 22.1. The van der Waals surface area contributed by atoms with Crippen LogP contribution in [0, 0.1) is 24.0 Å². The van der Waals surface area contributed by atoms with Crippen molar-refractivity contribution in [2.75, 3.05) is 34.3 Å². The van der Waals surface area contributed by atoms with Gasteiger partial charge in [-0.15, -0.1) is 0 Å². The highest BCUT2D eigenvalue weighted by Crippen LogP contribution is 2.42. The van der Waals surface area contributed by atoms with Gasteiger partial charge in [-0.25, -0.2) is 0 Å². The summed E-state index contributed by atoms with van der Waals surface area (Å²) in [6.45, 7) is 5.86. The summed E-state index contributed by atoms with van der Waals surface area (Å²) in [6, 6.07) is 12.6. The van der Waals surface area contributed by atoms with Crippen molar-refractivity contribution < 1.29 is 9.66 Å². The van der Waals surface area contributed by atoms with Gasteiger partial charge in [0, 0.05) is 30.2 Å². The lowest BCUT2D eigenvalue weighted by Crippen LogP contribution is -2.32. The van der Waals surface area contributed by atoms with Crippen molar-refractivity contribution in [3.8, 4) is 11.4 Å². The van der Waals surface area contributed by atoms with Gasteiger partial charge in [0.2, 0.25) is 0 Å². The molecule has 9 nitrogen and oxygen atoms in total. The van der Waals surface area contributed by atoms with E-state index in [0.717, 1.165) is 47.8 Å². The topological polar surface area (TPSA) is 88.7 Å². The maximum absolute atomic E-state index is 11.3. The highest BCUT2D eigenvalue weighted by Gasteiger charge is 2.41. The number of nitrogens with one attached hydrogen (secondary N) is 1. The first-order valence-electron chi connectivity index (χ1n) is 11.9. The number of hydrogen-bond acceptors (Lipinski definition) is 6. The van der Waals surface area contributed by atoms with Crippen LogP contribution in [0.15, 0.2) is 48.7 Å². The first kappa shape index (κ1) is 25.6. The van der Waals surface area contributed by atoms with Crippen LogP contribution in [-0.2, 0) is 0 Å². The maximum Gasteiger partial charge on any atom is 0.273 e. The molecule has 1 aliphatic rings. The van der Waals surface area contributed by atoms with Crippen LogP contribution in [0.3, 0.4) is 0 Å². The molecule has 0 aliphatic carbocycles. The van der Waals surface area contributed by atoms with E-state index in [2.05, 4.69) is 51.8 Å². The second-order valence-corrected chi connectivity index (χ2v) is 9.64. The monoisotopic (exact) mass is 508 g/mol. The Morgan fingerprint density at radius 3 is 2.64 bits per heavy atom. The van der Waals surface area contributed by atoms with Crippen molar-refractivity contribution in [1.29, 1.82) is 0 Å². The number of hydrogen-bond donors (Lipinski definition) is 1. The summed E-state index contributed by atoms with van der Waals surface area (Å²) in [6.07, 6.45) is 2.77. The van der Waals surface area contributed by atoms with E-state index in [0.29, 0.717) is 10.9 Å². The minimum atomic E-state index is -0.415. The molecule has 1 saturated heterocycles. The van der Waals surface area contributed by atoms with Crippen LogP contribution in [0.2, 0.25) is 0 Å². The second kappa shape index (κ2) is 10.6. The third-order valence-electron chi connectivity index (χ3n) is 6.61. The Labute approximate surface area is 216 Å². The predicted octanol–water partition coefficient (Wildman–Crippen LogP) is 4.33. The number of thiocarbonyl (C=S) groups is 1. The summed E-state index contributed by atoms with van der Waals surface area (Å²) in [7, 11) is 5.67. The van der Waals surface area contributed by atoms with E-state index in [9.17, 15) is 10.1 Å². The Morgan fingerprint density at radius 2 is 2.00 bits per heavy atom. The van der Waals surface area contributed by atoms with Gasteiger partial charge < -0.3 is 24.4 Å². The fraction of sp³-hybridized carbons (Fsp3) is 0.385. The molecule has 10 heteroatoms. The third kappa shape index (κ3) is 4.91. The van der Waals surface area contributed by atoms with Gasteiger partial charge in [-0.1, -0.05) is 6.07 Å². The molecule has 0 radical (unpaired) electrons. The average molecular weight is 509 g/mol. The number of aryl methyl sites for hydroxylation is 1. The number of nitro groups is 1. The Kier molecular flexibility index (Phi) is 7.56. The van der Waals surface area contributed by atoms with E-state index in [1.807, 2.05) is 25.1 Å². The largest absolute Gasteiger partial charge is 0.494 e. The number of methoxy groups -OCH3 is 1. The molecule has 0 amide bonds. The molecule has 4 rings (SSSR count). The van der Waals surface area contributed by atoms with Crippen molar-refractivity contribution in [2.24, 2.45) is 0 Å². The number of aromatic nitrogens is 2. The molecule has 1 aliphatic heterocycles. The molecular formula is C26H32N6O3S. The lowest BCUT2D eigenvalue weighted by Gasteiger charge is -2.28. The number of benzene rings is 1. The predicted molar refractivity (Wildman–Crippen MR) is 144 cm³/mol. The van der Waals surface area contributed by atoms with Gasteiger partial charge in [-0.05, 0) is 83.0 Å². The van der Waals surface area contributed by atoms with E-state index in [4.69, 9.17) is 17.0 Å². The lowest BCUT2D eigenvalue weighted by molar-refractivity contribution is -0.384. The highest BCUT2D eigenvalue weighted by atomic mass is 32.1. The summed E-state index contributed by atoms with van der Waals surface area (Å²) in [4.78, 5) is 20.0. The Bertz CT molecular complexity index is 1260. The number of nitrogens with zero attached hydrogens (tertiary/aromatic N) is 5. The number of ether oxygens (including phenoxy) is 1. The van der Waals surface area contributed by atoms with Gasteiger partial charge in [0.25, 0.3) is 5.69 Å². The van der Waals surface area contributed by atoms with Crippen LogP contribution in [-0.4, -0.2) is 63.7 Å². The summed E-state index contributed by atoms with van der Waals surface area (Å²) >= 11 is 5.81. The SMILES string of the molecule is COc1cc([N+](=O)[O-])ccc1-n1c(C)cc([C@H]2[C@@H](c3ccccn3)NC(=S)N2CCCN(C)C)c1C. The van der Waals surface area contributed by atoms with Gasteiger partial charge in [-0.3, -0.25) is 15.1 Å². The van der Waals surface area contributed by atoms with Crippen LogP contribution < -0.4 is 10.1 Å². The first-order valence-corrected chi connectivity index (χ1v) is 12.3. The van der Waals surface area contributed by atoms with E-state index in [1.165, 1.54) is 19.2 Å². The normalized spacial score (nSPS) is 17.5. The molecule has 3 aromatic rings. The van der Waals surface area contributed by atoms with Gasteiger partial charge in [0.05, 0.1) is 41.6 Å². The van der Waals surface area contributed by atoms with Crippen LogP contribution in [0.4, 0.5) is 5.69 Å². The van der Waals surface area contributed by atoms with Crippen molar-refractivity contribution in [3.63, 3.8) is 0 Å². The summed E-state index contributed by atoms with van der Waals surface area (Å²) in [5, 5.41) is 15.5. The van der Waals surface area contributed by atoms with Gasteiger partial charge in [0.15, 0.2) is 5.11 Å². The third-order valence-corrected chi connectivity index (χ3v) is 6.96. The smallest absolute Gasteiger partial charge is 0.273 e. The molecule has 3 heterocycles. The van der Waals surface area contributed by atoms with E-state index < -0.39 is 4.92 Å². The fourth-order valence-electron chi connectivity index (χ4n) is 4.96. The van der Waals surface area contributed by atoms with Crippen LogP contribution >= 0.6 is 12.2 Å². The Morgan fingerprint density at radius 1 is 1.22 bits per heavy atom. The van der Waals surface area contributed by atoms with E-state index in [-0.39, 0.29) is 17.8 Å². The molecule has 190 valence electrons. The fourth-order valence-corrected chi connectivity index (χ4v) is 5.30. The zero-order chi connectivity index (χ0) is 26.0. The molecule has 0 unspecified atom stereocenters. The van der Waals surface area contributed by atoms with E-state index >= 15 is 0 Å². The molecule has 0 spiro atoms. The molecule has 0 saturated carbocycles. The van der Waals surface area contributed by atoms with Gasteiger partial charge >= 0.3 is 0 Å². The summed E-state index contributed by atoms with van der Waals surface area (Å²) < 4.78 is 7.65. The molecule has 2 atom stereocenters. The summed E-state index contributed by atoms with van der Waals surface area (Å²) in [5.41, 5.74) is 4.82. The molecule has 1 fully saturated rings.